The highest BCUT2D eigenvalue weighted by molar-refractivity contribution is 5.78. The van der Waals surface area contributed by atoms with E-state index in [1.54, 1.807) is 6.33 Å². The van der Waals surface area contributed by atoms with E-state index in [4.69, 9.17) is 9.47 Å². The second-order valence-electron chi connectivity index (χ2n) is 6.34. The Hall–Kier alpha value is -2.34. The summed E-state index contributed by atoms with van der Waals surface area (Å²) in [5.41, 5.74) is 3.15. The molecule has 1 aromatic carbocycles. The number of para-hydroxylation sites is 1. The zero-order chi connectivity index (χ0) is 17.8. The van der Waals surface area contributed by atoms with Crippen LogP contribution in [-0.2, 0) is 29.5 Å². The lowest BCUT2D eigenvalue weighted by Gasteiger charge is -2.35. The Balaban J connectivity index is 1.71. The van der Waals surface area contributed by atoms with Crippen LogP contribution in [0.5, 0.6) is 5.75 Å². The summed E-state index contributed by atoms with van der Waals surface area (Å²) in [4.78, 5) is 19.0. The van der Waals surface area contributed by atoms with Crippen LogP contribution in [0.2, 0.25) is 0 Å². The molecule has 0 spiro atoms. The van der Waals surface area contributed by atoms with Crippen molar-refractivity contribution in [2.75, 3.05) is 19.8 Å². The molecule has 0 aliphatic carbocycles. The number of hydrogen-bond donors (Lipinski definition) is 0. The molecule has 0 unspecified atom stereocenters. The zero-order valence-corrected chi connectivity index (χ0v) is 15.1. The molecule has 1 amide bonds. The smallest absolute Gasteiger partial charge is 0.261 e. The number of fused-ring (bicyclic) bond motifs is 1. The average molecular weight is 343 g/mol. The second kappa shape index (κ2) is 7.70. The number of carbonyl (C=O) groups is 1. The summed E-state index contributed by atoms with van der Waals surface area (Å²) in [6, 6.07) is 7.73. The highest BCUT2D eigenvalue weighted by atomic mass is 16.5. The minimum absolute atomic E-state index is 0.0100. The molecule has 1 aliphatic rings. The number of aromatic nitrogens is 2. The SMILES string of the molecule is CCOC[C@H]1Cc2c(ncn2C)CN1C(=O)COc1ccccc1C. The van der Waals surface area contributed by atoms with Gasteiger partial charge in [-0.15, -0.1) is 0 Å². The molecule has 2 heterocycles. The highest BCUT2D eigenvalue weighted by Gasteiger charge is 2.32. The van der Waals surface area contributed by atoms with Gasteiger partial charge in [0.05, 0.1) is 31.2 Å². The average Bonchev–Trinajstić information content (AvgIpc) is 2.98. The molecule has 0 bridgehead atoms. The summed E-state index contributed by atoms with van der Waals surface area (Å²) in [6.45, 7) is 5.62. The van der Waals surface area contributed by atoms with Crippen LogP contribution in [0.15, 0.2) is 30.6 Å². The molecule has 0 fully saturated rings. The number of imidazole rings is 1. The maximum Gasteiger partial charge on any atom is 0.261 e. The first-order valence-corrected chi connectivity index (χ1v) is 8.64. The Labute approximate surface area is 148 Å². The predicted molar refractivity (Wildman–Crippen MR) is 94.4 cm³/mol. The number of benzene rings is 1. The van der Waals surface area contributed by atoms with Gasteiger partial charge in [0.1, 0.15) is 5.75 Å². The topological polar surface area (TPSA) is 56.6 Å². The lowest BCUT2D eigenvalue weighted by Crippen LogP contribution is -2.48. The fourth-order valence-corrected chi connectivity index (χ4v) is 3.16. The standard InChI is InChI=1S/C19H25N3O3/c1-4-24-11-15-9-17-16(20-13-21(17)3)10-22(15)19(23)12-25-18-8-6-5-7-14(18)2/h5-8,13,15H,4,9-12H2,1-3H3/t15-/m1/s1. The molecule has 0 saturated heterocycles. The lowest BCUT2D eigenvalue weighted by atomic mass is 10.0. The van der Waals surface area contributed by atoms with Crippen molar-refractivity contribution >= 4 is 5.91 Å². The van der Waals surface area contributed by atoms with E-state index < -0.39 is 0 Å². The number of amides is 1. The monoisotopic (exact) mass is 343 g/mol. The predicted octanol–water partition coefficient (Wildman–Crippen LogP) is 2.10. The van der Waals surface area contributed by atoms with Crippen molar-refractivity contribution in [3.05, 3.63) is 47.5 Å². The van der Waals surface area contributed by atoms with Gasteiger partial charge in [-0.05, 0) is 25.5 Å². The van der Waals surface area contributed by atoms with Crippen LogP contribution >= 0.6 is 0 Å². The maximum atomic E-state index is 12.8. The number of hydrogen-bond acceptors (Lipinski definition) is 4. The fraction of sp³-hybridized carbons (Fsp3) is 0.474. The molecule has 1 aliphatic heterocycles. The Morgan fingerprint density at radius 2 is 2.16 bits per heavy atom. The van der Waals surface area contributed by atoms with Gasteiger partial charge in [0.2, 0.25) is 0 Å². The number of ether oxygens (including phenoxy) is 2. The molecule has 1 atom stereocenters. The number of carbonyl (C=O) groups excluding carboxylic acids is 1. The van der Waals surface area contributed by atoms with E-state index in [1.165, 1.54) is 5.69 Å². The van der Waals surface area contributed by atoms with E-state index in [1.807, 2.05) is 54.6 Å². The summed E-state index contributed by atoms with van der Waals surface area (Å²) in [5, 5.41) is 0. The normalized spacial score (nSPS) is 16.6. The summed E-state index contributed by atoms with van der Waals surface area (Å²) in [6.07, 6.45) is 2.56. The third kappa shape index (κ3) is 3.85. The van der Waals surface area contributed by atoms with Gasteiger partial charge in [-0.1, -0.05) is 18.2 Å². The lowest BCUT2D eigenvalue weighted by molar-refractivity contribution is -0.138. The van der Waals surface area contributed by atoms with Crippen molar-refractivity contribution in [2.24, 2.45) is 7.05 Å². The number of rotatable bonds is 6. The van der Waals surface area contributed by atoms with Gasteiger partial charge in [0.25, 0.3) is 5.91 Å². The Morgan fingerprint density at radius 1 is 1.36 bits per heavy atom. The Morgan fingerprint density at radius 3 is 2.92 bits per heavy atom. The van der Waals surface area contributed by atoms with Gasteiger partial charge in [-0.3, -0.25) is 4.79 Å². The minimum atomic E-state index is -0.0377. The molecule has 0 saturated carbocycles. The molecule has 1 aromatic heterocycles. The van der Waals surface area contributed by atoms with Gasteiger partial charge in [-0.2, -0.15) is 0 Å². The number of nitrogens with zero attached hydrogens (tertiary/aromatic N) is 3. The van der Waals surface area contributed by atoms with E-state index in [2.05, 4.69) is 4.98 Å². The fourth-order valence-electron chi connectivity index (χ4n) is 3.16. The van der Waals surface area contributed by atoms with Gasteiger partial charge in [-0.25, -0.2) is 4.98 Å². The van der Waals surface area contributed by atoms with E-state index in [9.17, 15) is 4.79 Å². The van der Waals surface area contributed by atoms with E-state index >= 15 is 0 Å². The minimum Gasteiger partial charge on any atom is -0.484 e. The van der Waals surface area contributed by atoms with Crippen molar-refractivity contribution in [3.63, 3.8) is 0 Å². The van der Waals surface area contributed by atoms with E-state index in [0.717, 1.165) is 23.4 Å². The van der Waals surface area contributed by atoms with Crippen LogP contribution in [0.25, 0.3) is 0 Å². The molecule has 25 heavy (non-hydrogen) atoms. The molecule has 0 N–H and O–H groups in total. The van der Waals surface area contributed by atoms with Crippen molar-refractivity contribution in [1.82, 2.24) is 14.5 Å². The van der Waals surface area contributed by atoms with Crippen molar-refractivity contribution in [3.8, 4) is 5.75 Å². The molecule has 3 rings (SSSR count). The van der Waals surface area contributed by atoms with Crippen molar-refractivity contribution in [2.45, 2.75) is 32.9 Å². The quantitative estimate of drug-likeness (QED) is 0.806. The van der Waals surface area contributed by atoms with Gasteiger partial charge < -0.3 is 18.9 Å². The summed E-state index contributed by atoms with van der Waals surface area (Å²) in [7, 11) is 1.99. The van der Waals surface area contributed by atoms with Crippen molar-refractivity contribution in [1.29, 1.82) is 0 Å². The molecular formula is C19H25N3O3. The van der Waals surface area contributed by atoms with Crippen LogP contribution in [0.4, 0.5) is 0 Å². The first kappa shape index (κ1) is 17.5. The number of aryl methyl sites for hydroxylation is 2. The van der Waals surface area contributed by atoms with Crippen LogP contribution in [-0.4, -0.2) is 46.2 Å². The van der Waals surface area contributed by atoms with Gasteiger partial charge in [0, 0.05) is 25.8 Å². The van der Waals surface area contributed by atoms with Crippen LogP contribution < -0.4 is 4.74 Å². The van der Waals surface area contributed by atoms with E-state index in [-0.39, 0.29) is 18.6 Å². The maximum absolute atomic E-state index is 12.8. The molecule has 6 heteroatoms. The van der Waals surface area contributed by atoms with Crippen LogP contribution in [0.1, 0.15) is 23.9 Å². The molecule has 2 aromatic rings. The van der Waals surface area contributed by atoms with Crippen LogP contribution in [0, 0.1) is 6.92 Å². The molecule has 0 radical (unpaired) electrons. The van der Waals surface area contributed by atoms with E-state index in [0.29, 0.717) is 19.8 Å². The Kier molecular flexibility index (Phi) is 5.38. The summed E-state index contributed by atoms with van der Waals surface area (Å²) < 4.78 is 13.4. The second-order valence-corrected chi connectivity index (χ2v) is 6.34. The first-order valence-electron chi connectivity index (χ1n) is 8.64. The third-order valence-electron chi connectivity index (χ3n) is 4.61. The zero-order valence-electron chi connectivity index (χ0n) is 15.1. The van der Waals surface area contributed by atoms with Crippen LogP contribution in [0.3, 0.4) is 0 Å². The largest absolute Gasteiger partial charge is 0.484 e. The first-order chi connectivity index (χ1) is 12.1. The summed E-state index contributed by atoms with van der Waals surface area (Å²) >= 11 is 0. The Bertz CT molecular complexity index is 741. The molecule has 134 valence electrons. The summed E-state index contributed by atoms with van der Waals surface area (Å²) in [5.74, 6) is 0.706. The van der Waals surface area contributed by atoms with Gasteiger partial charge in [0.15, 0.2) is 6.61 Å². The van der Waals surface area contributed by atoms with Gasteiger partial charge >= 0.3 is 0 Å². The highest BCUT2D eigenvalue weighted by Crippen LogP contribution is 2.23. The third-order valence-corrected chi connectivity index (χ3v) is 4.61. The molecule has 6 nitrogen and oxygen atoms in total. The van der Waals surface area contributed by atoms with Crippen molar-refractivity contribution < 1.29 is 14.3 Å². The molecular weight excluding hydrogens is 318 g/mol.